The Kier molecular flexibility index (Phi) is 18.0. The van der Waals surface area contributed by atoms with Crippen molar-refractivity contribution in [1.82, 2.24) is 0 Å². The van der Waals surface area contributed by atoms with Crippen LogP contribution in [0.3, 0.4) is 0 Å². The molecule has 0 aromatic heterocycles. The standard InChI is InChI=1S/2C28H36Cl2N2O2/c2*1-27(2,3)21-13-19(29)11-17(25(21)33)15-31-23-9-7-8-10-24(23)32-16-18-12-20(30)14-22(26(18)34)28(4,5)6/h2*11-16,23-24,33-34H,7-10H2,1-6H3/t2*23-,24-/m10/s1. The molecule has 0 heterocycles. The fraction of sp³-hybridized carbons (Fsp3) is 0.500. The molecule has 2 saturated carbocycles. The maximum Gasteiger partial charge on any atom is 0.128 e. The highest BCUT2D eigenvalue weighted by molar-refractivity contribution is 6.32. The Balaban J connectivity index is 0.000000254. The van der Waals surface area contributed by atoms with E-state index in [1.54, 1.807) is 49.1 Å². The molecule has 0 bridgehead atoms. The highest BCUT2D eigenvalue weighted by Gasteiger charge is 2.28. The Morgan fingerprint density at radius 3 is 0.691 bits per heavy atom. The second-order valence-corrected chi connectivity index (χ2v) is 24.3. The fourth-order valence-electron chi connectivity index (χ4n) is 8.74. The molecule has 0 saturated heterocycles. The summed E-state index contributed by atoms with van der Waals surface area (Å²) in [5.74, 6) is 0.871. The van der Waals surface area contributed by atoms with Gasteiger partial charge in [0.1, 0.15) is 23.0 Å². The highest BCUT2D eigenvalue weighted by Crippen LogP contribution is 2.40. The van der Waals surface area contributed by atoms with E-state index in [1.165, 1.54) is 0 Å². The van der Waals surface area contributed by atoms with Crippen molar-refractivity contribution in [2.45, 2.75) is 180 Å². The van der Waals surface area contributed by atoms with Crippen LogP contribution in [-0.4, -0.2) is 69.5 Å². The summed E-state index contributed by atoms with van der Waals surface area (Å²) >= 11 is 25.3. The molecule has 4 atom stereocenters. The van der Waals surface area contributed by atoms with Gasteiger partial charge in [0.25, 0.3) is 0 Å². The third-order valence-electron chi connectivity index (χ3n) is 12.7. The van der Waals surface area contributed by atoms with E-state index < -0.39 is 0 Å². The molecule has 0 amide bonds. The van der Waals surface area contributed by atoms with Gasteiger partial charge >= 0.3 is 0 Å². The Morgan fingerprint density at radius 1 is 0.353 bits per heavy atom. The second-order valence-electron chi connectivity index (χ2n) is 22.5. The first-order valence-corrected chi connectivity index (χ1v) is 25.3. The molecule has 6 rings (SSSR count). The first-order chi connectivity index (χ1) is 31.5. The SMILES string of the molecule is CC(C)(C)c1cc(Cl)cc(C=N[C@@H]2CCCC[C@H]2N=Cc2cc(Cl)cc(C(C)(C)C)c2O)c1O.CC(C)(C)c1cc(Cl)cc(C=N[C@H]2CCCC[C@@H]2N=Cc2cc(Cl)cc(C(C)(C)C)c2O)c1O. The van der Waals surface area contributed by atoms with E-state index in [9.17, 15) is 20.4 Å². The van der Waals surface area contributed by atoms with Crippen molar-refractivity contribution in [3.05, 3.63) is 113 Å². The molecule has 2 aliphatic carbocycles. The number of benzene rings is 4. The lowest BCUT2D eigenvalue weighted by Gasteiger charge is -2.26. The molecule has 0 unspecified atom stereocenters. The van der Waals surface area contributed by atoms with Gasteiger partial charge in [-0.05, 0) is 95.9 Å². The zero-order chi connectivity index (χ0) is 50.5. The molecule has 0 radical (unpaired) electrons. The van der Waals surface area contributed by atoms with Gasteiger partial charge in [-0.15, -0.1) is 0 Å². The molecule has 2 aliphatic rings. The van der Waals surface area contributed by atoms with Crippen molar-refractivity contribution in [1.29, 1.82) is 0 Å². The molecule has 68 heavy (non-hydrogen) atoms. The predicted octanol–water partition coefficient (Wildman–Crippen LogP) is 15.7. The Labute approximate surface area is 425 Å². The fourth-order valence-corrected chi connectivity index (χ4v) is 9.65. The third-order valence-corrected chi connectivity index (χ3v) is 13.5. The molecule has 0 spiro atoms. The Hall–Kier alpha value is -4.08. The lowest BCUT2D eigenvalue weighted by atomic mass is 9.85. The molecular formula is C56H72Cl4N4O4. The van der Waals surface area contributed by atoms with Gasteiger partial charge in [-0.25, -0.2) is 0 Å². The van der Waals surface area contributed by atoms with E-state index in [-0.39, 0.29) is 68.8 Å². The number of nitrogens with zero attached hydrogens (tertiary/aromatic N) is 4. The molecule has 8 nitrogen and oxygen atoms in total. The molecule has 4 aromatic rings. The van der Waals surface area contributed by atoms with Gasteiger partial charge in [0, 0.05) is 89.5 Å². The van der Waals surface area contributed by atoms with Crippen LogP contribution in [0, 0.1) is 0 Å². The predicted molar refractivity (Wildman–Crippen MR) is 290 cm³/mol. The number of halogens is 4. The van der Waals surface area contributed by atoms with Crippen LogP contribution in [0.4, 0.5) is 0 Å². The summed E-state index contributed by atoms with van der Waals surface area (Å²) in [6, 6.07) is 14.2. The van der Waals surface area contributed by atoms with Crippen molar-refractivity contribution >= 4 is 71.3 Å². The number of hydrogen-bond donors (Lipinski definition) is 4. The van der Waals surface area contributed by atoms with Crippen molar-refractivity contribution in [2.75, 3.05) is 0 Å². The number of phenolic OH excluding ortho intramolecular Hbond substituents is 4. The van der Waals surface area contributed by atoms with Crippen LogP contribution in [0.25, 0.3) is 0 Å². The number of phenols is 4. The molecule has 4 N–H and O–H groups in total. The number of rotatable bonds is 8. The summed E-state index contributed by atoms with van der Waals surface area (Å²) in [5.41, 5.74) is 4.72. The number of aliphatic imine (C=N–C) groups is 4. The minimum absolute atomic E-state index is 0.00937. The molecular weight excluding hydrogens is 934 g/mol. The van der Waals surface area contributed by atoms with Gasteiger partial charge in [0.15, 0.2) is 0 Å². The van der Waals surface area contributed by atoms with E-state index in [0.29, 0.717) is 42.3 Å². The summed E-state index contributed by atoms with van der Waals surface area (Å²) in [4.78, 5) is 19.3. The van der Waals surface area contributed by atoms with Gasteiger partial charge in [-0.3, -0.25) is 20.0 Å². The van der Waals surface area contributed by atoms with Crippen LogP contribution in [0.15, 0.2) is 68.5 Å². The van der Waals surface area contributed by atoms with Crippen LogP contribution >= 0.6 is 46.4 Å². The first-order valence-electron chi connectivity index (χ1n) is 23.8. The van der Waals surface area contributed by atoms with Gasteiger partial charge in [0.05, 0.1) is 24.2 Å². The average Bonchev–Trinajstić information content (AvgIpc) is 3.23. The Bertz CT molecular complexity index is 2190. The van der Waals surface area contributed by atoms with E-state index in [1.807, 2.05) is 107 Å². The smallest absolute Gasteiger partial charge is 0.128 e. The summed E-state index contributed by atoms with van der Waals surface area (Å²) < 4.78 is 0. The van der Waals surface area contributed by atoms with Crippen LogP contribution in [-0.2, 0) is 21.7 Å². The average molecular weight is 1010 g/mol. The lowest BCUT2D eigenvalue weighted by molar-refractivity contribution is 0.390. The summed E-state index contributed by atoms with van der Waals surface area (Å²) in [6.45, 7) is 24.5. The minimum Gasteiger partial charge on any atom is -0.507 e. The summed E-state index contributed by atoms with van der Waals surface area (Å²) in [6.07, 6.45) is 14.9. The minimum atomic E-state index is -0.236. The van der Waals surface area contributed by atoms with Gasteiger partial charge < -0.3 is 20.4 Å². The molecule has 368 valence electrons. The van der Waals surface area contributed by atoms with Gasteiger partial charge in [0.2, 0.25) is 0 Å². The largest absolute Gasteiger partial charge is 0.507 e. The molecule has 2 fully saturated rings. The normalized spacial score (nSPS) is 19.9. The van der Waals surface area contributed by atoms with Crippen molar-refractivity contribution in [3.8, 4) is 23.0 Å². The van der Waals surface area contributed by atoms with Crippen molar-refractivity contribution in [2.24, 2.45) is 20.0 Å². The lowest BCUT2D eigenvalue weighted by Crippen LogP contribution is -2.27. The maximum atomic E-state index is 10.8. The van der Waals surface area contributed by atoms with E-state index in [2.05, 4.69) is 0 Å². The van der Waals surface area contributed by atoms with Crippen molar-refractivity contribution in [3.63, 3.8) is 0 Å². The zero-order valence-corrected chi connectivity index (χ0v) is 45.0. The molecule has 4 aromatic carbocycles. The maximum absolute atomic E-state index is 10.8. The van der Waals surface area contributed by atoms with Crippen LogP contribution in [0.5, 0.6) is 23.0 Å². The summed E-state index contributed by atoms with van der Waals surface area (Å²) in [5, 5.41) is 45.6. The quantitative estimate of drug-likeness (QED) is 0.131. The van der Waals surface area contributed by atoms with Gasteiger partial charge in [-0.2, -0.15) is 0 Å². The van der Waals surface area contributed by atoms with Crippen LogP contribution < -0.4 is 0 Å². The van der Waals surface area contributed by atoms with E-state index in [4.69, 9.17) is 66.4 Å². The zero-order valence-electron chi connectivity index (χ0n) is 42.0. The molecule has 12 heteroatoms. The van der Waals surface area contributed by atoms with E-state index >= 15 is 0 Å². The van der Waals surface area contributed by atoms with E-state index in [0.717, 1.165) is 73.6 Å². The first kappa shape index (κ1) is 54.9. The highest BCUT2D eigenvalue weighted by atomic mass is 35.5. The van der Waals surface area contributed by atoms with Crippen LogP contribution in [0.2, 0.25) is 20.1 Å². The van der Waals surface area contributed by atoms with Crippen molar-refractivity contribution < 1.29 is 20.4 Å². The monoisotopic (exact) mass is 1000 g/mol. The van der Waals surface area contributed by atoms with Gasteiger partial charge in [-0.1, -0.05) is 155 Å². The second kappa shape index (κ2) is 22.3. The molecule has 0 aliphatic heterocycles. The number of aromatic hydroxyl groups is 4. The topological polar surface area (TPSA) is 130 Å². The summed E-state index contributed by atoms with van der Waals surface area (Å²) in [7, 11) is 0. The number of hydrogen-bond acceptors (Lipinski definition) is 8. The third kappa shape index (κ3) is 14.5. The van der Waals surface area contributed by atoms with Crippen LogP contribution in [0.1, 0.15) is 179 Å². The Morgan fingerprint density at radius 2 is 0.529 bits per heavy atom.